The number of nitrogens with one attached hydrogen (secondary N) is 1. The zero-order valence-corrected chi connectivity index (χ0v) is 15.8. The van der Waals surface area contributed by atoms with Gasteiger partial charge < -0.3 is 10.4 Å². The summed E-state index contributed by atoms with van der Waals surface area (Å²) in [6, 6.07) is 2.52. The lowest BCUT2D eigenvalue weighted by Gasteiger charge is -2.10. The number of carbonyl (C=O) groups is 1. The highest BCUT2D eigenvalue weighted by atomic mass is 32.1. The van der Waals surface area contributed by atoms with E-state index in [9.17, 15) is 23.1 Å². The largest absolute Gasteiger partial charge is 0.478 e. The van der Waals surface area contributed by atoms with Crippen LogP contribution in [-0.2, 0) is 6.18 Å². The standard InChI is InChI=1S/C17H14F3N3O2S2/c1-8(2)12-13(9-3-4-26-7-9)27-16(22-12)23-14-11(15(24)25)5-10(6-21-14)17(18,19)20/h3-8H,1-2H3,(H,24,25)(H,21,22,23). The third kappa shape index (κ3) is 4.11. The van der Waals surface area contributed by atoms with Crippen LogP contribution in [0.5, 0.6) is 0 Å². The maximum absolute atomic E-state index is 12.8. The van der Waals surface area contributed by atoms with Crippen LogP contribution in [0.1, 0.15) is 41.4 Å². The van der Waals surface area contributed by atoms with Crippen LogP contribution in [0.3, 0.4) is 0 Å². The van der Waals surface area contributed by atoms with E-state index in [2.05, 4.69) is 15.3 Å². The summed E-state index contributed by atoms with van der Waals surface area (Å²) >= 11 is 2.84. The van der Waals surface area contributed by atoms with Gasteiger partial charge >= 0.3 is 12.1 Å². The van der Waals surface area contributed by atoms with E-state index in [1.54, 1.807) is 11.3 Å². The molecular weight excluding hydrogens is 399 g/mol. The van der Waals surface area contributed by atoms with Gasteiger partial charge in [0.25, 0.3) is 0 Å². The topological polar surface area (TPSA) is 75.1 Å². The van der Waals surface area contributed by atoms with E-state index in [0.717, 1.165) is 16.1 Å². The van der Waals surface area contributed by atoms with Gasteiger partial charge in [0, 0.05) is 11.8 Å². The first-order valence-corrected chi connectivity index (χ1v) is 9.53. The maximum Gasteiger partial charge on any atom is 0.417 e. The highest BCUT2D eigenvalue weighted by molar-refractivity contribution is 7.19. The van der Waals surface area contributed by atoms with Crippen LogP contribution in [0, 0.1) is 0 Å². The highest BCUT2D eigenvalue weighted by Crippen LogP contribution is 2.39. The fraction of sp³-hybridized carbons (Fsp3) is 0.235. The van der Waals surface area contributed by atoms with Crippen molar-refractivity contribution in [1.29, 1.82) is 0 Å². The SMILES string of the molecule is CC(C)c1nc(Nc2ncc(C(F)(F)F)cc2C(=O)O)sc1-c1ccsc1. The Kier molecular flexibility index (Phi) is 5.20. The van der Waals surface area contributed by atoms with Crippen molar-refractivity contribution in [2.24, 2.45) is 0 Å². The van der Waals surface area contributed by atoms with Crippen molar-refractivity contribution in [3.05, 3.63) is 45.9 Å². The molecule has 27 heavy (non-hydrogen) atoms. The summed E-state index contributed by atoms with van der Waals surface area (Å²) in [4.78, 5) is 20.5. The molecule has 3 heterocycles. The molecule has 0 aliphatic carbocycles. The molecule has 0 aliphatic rings. The monoisotopic (exact) mass is 413 g/mol. The zero-order chi connectivity index (χ0) is 19.8. The van der Waals surface area contributed by atoms with Crippen molar-refractivity contribution < 1.29 is 23.1 Å². The molecule has 0 atom stereocenters. The number of hydrogen-bond donors (Lipinski definition) is 2. The molecule has 2 N–H and O–H groups in total. The number of hydrogen-bond acceptors (Lipinski definition) is 6. The van der Waals surface area contributed by atoms with E-state index in [1.165, 1.54) is 11.3 Å². The van der Waals surface area contributed by atoms with E-state index in [1.807, 2.05) is 30.7 Å². The van der Waals surface area contributed by atoms with Gasteiger partial charge in [-0.25, -0.2) is 14.8 Å². The van der Waals surface area contributed by atoms with Crippen LogP contribution < -0.4 is 5.32 Å². The van der Waals surface area contributed by atoms with Crippen LogP contribution in [0.2, 0.25) is 0 Å². The van der Waals surface area contributed by atoms with Crippen molar-refractivity contribution in [2.45, 2.75) is 25.9 Å². The van der Waals surface area contributed by atoms with Crippen molar-refractivity contribution >= 4 is 39.6 Å². The maximum atomic E-state index is 12.8. The van der Waals surface area contributed by atoms with Gasteiger partial charge in [-0.1, -0.05) is 25.2 Å². The number of nitrogens with zero attached hydrogens (tertiary/aromatic N) is 2. The van der Waals surface area contributed by atoms with Crippen LogP contribution in [0.25, 0.3) is 10.4 Å². The van der Waals surface area contributed by atoms with Gasteiger partial charge in [-0.05, 0) is 28.8 Å². The first-order valence-electron chi connectivity index (χ1n) is 7.77. The van der Waals surface area contributed by atoms with Crippen LogP contribution in [0.4, 0.5) is 24.1 Å². The number of pyridine rings is 1. The molecule has 0 saturated heterocycles. The molecule has 3 aromatic rings. The average Bonchev–Trinajstić information content (AvgIpc) is 3.22. The molecule has 0 saturated carbocycles. The number of alkyl halides is 3. The Bertz CT molecular complexity index is 966. The molecule has 142 valence electrons. The van der Waals surface area contributed by atoms with Gasteiger partial charge in [-0.15, -0.1) is 0 Å². The number of aromatic carboxylic acids is 1. The van der Waals surface area contributed by atoms with Gasteiger partial charge in [-0.2, -0.15) is 24.5 Å². The molecule has 0 radical (unpaired) electrons. The van der Waals surface area contributed by atoms with Crippen LogP contribution in [0.15, 0.2) is 29.1 Å². The Morgan fingerprint density at radius 3 is 2.63 bits per heavy atom. The van der Waals surface area contributed by atoms with Crippen molar-refractivity contribution in [3.63, 3.8) is 0 Å². The van der Waals surface area contributed by atoms with E-state index >= 15 is 0 Å². The number of carboxylic acid groups (broad SMARTS) is 1. The third-order valence-corrected chi connectivity index (χ3v) is 5.37. The summed E-state index contributed by atoms with van der Waals surface area (Å²) in [6.45, 7) is 3.96. The van der Waals surface area contributed by atoms with Crippen LogP contribution in [-0.4, -0.2) is 21.0 Å². The summed E-state index contributed by atoms with van der Waals surface area (Å²) in [6.07, 6.45) is -4.07. The third-order valence-electron chi connectivity index (χ3n) is 3.65. The van der Waals surface area contributed by atoms with Gasteiger partial charge in [0.15, 0.2) is 5.13 Å². The van der Waals surface area contributed by atoms with Crippen molar-refractivity contribution in [1.82, 2.24) is 9.97 Å². The second kappa shape index (κ2) is 7.28. The number of anilines is 2. The number of thiazole rings is 1. The Balaban J connectivity index is 2.00. The molecular formula is C17H14F3N3O2S2. The summed E-state index contributed by atoms with van der Waals surface area (Å²) in [5.74, 6) is -1.57. The molecule has 10 heteroatoms. The fourth-order valence-electron chi connectivity index (χ4n) is 2.36. The lowest BCUT2D eigenvalue weighted by atomic mass is 10.1. The first kappa shape index (κ1) is 19.3. The van der Waals surface area contributed by atoms with Gasteiger partial charge in [-0.3, -0.25) is 0 Å². The minimum absolute atomic E-state index is 0.117. The van der Waals surface area contributed by atoms with Crippen molar-refractivity contribution in [3.8, 4) is 10.4 Å². The van der Waals surface area contributed by atoms with Gasteiger partial charge in [0.05, 0.1) is 16.1 Å². The molecule has 3 aromatic heterocycles. The summed E-state index contributed by atoms with van der Waals surface area (Å²) in [7, 11) is 0. The highest BCUT2D eigenvalue weighted by Gasteiger charge is 2.32. The zero-order valence-electron chi connectivity index (χ0n) is 14.2. The lowest BCUT2D eigenvalue weighted by Crippen LogP contribution is -2.11. The van der Waals surface area contributed by atoms with Gasteiger partial charge in [0.1, 0.15) is 11.4 Å². The van der Waals surface area contributed by atoms with E-state index in [4.69, 9.17) is 0 Å². The molecule has 0 bridgehead atoms. The predicted molar refractivity (Wildman–Crippen MR) is 99.0 cm³/mol. The van der Waals surface area contributed by atoms with E-state index < -0.39 is 23.3 Å². The Labute approximate surface area is 160 Å². The molecule has 0 spiro atoms. The minimum atomic E-state index is -4.67. The normalized spacial score (nSPS) is 11.8. The second-order valence-corrected chi connectivity index (χ2v) is 7.73. The quantitative estimate of drug-likeness (QED) is 0.549. The number of thiophene rings is 1. The molecule has 0 amide bonds. The van der Waals surface area contributed by atoms with Gasteiger partial charge in [0.2, 0.25) is 0 Å². The number of halogens is 3. The second-order valence-electron chi connectivity index (χ2n) is 5.95. The van der Waals surface area contributed by atoms with Crippen LogP contribution >= 0.6 is 22.7 Å². The summed E-state index contributed by atoms with van der Waals surface area (Å²) in [5.41, 5.74) is 0.132. The Hall–Kier alpha value is -2.46. The molecule has 0 unspecified atom stereocenters. The lowest BCUT2D eigenvalue weighted by molar-refractivity contribution is -0.137. The molecule has 0 fully saturated rings. The molecule has 5 nitrogen and oxygen atoms in total. The molecule has 0 aliphatic heterocycles. The minimum Gasteiger partial charge on any atom is -0.478 e. The Morgan fingerprint density at radius 1 is 1.33 bits per heavy atom. The van der Waals surface area contributed by atoms with E-state index in [-0.39, 0.29) is 11.7 Å². The molecule has 3 rings (SSSR count). The number of carboxylic acids is 1. The summed E-state index contributed by atoms with van der Waals surface area (Å²) < 4.78 is 38.5. The molecule has 0 aromatic carbocycles. The number of aromatic nitrogens is 2. The smallest absolute Gasteiger partial charge is 0.417 e. The average molecular weight is 413 g/mol. The number of rotatable bonds is 5. The fourth-order valence-corrected chi connectivity index (χ4v) is 4.20. The Morgan fingerprint density at radius 2 is 2.07 bits per heavy atom. The van der Waals surface area contributed by atoms with E-state index in [0.29, 0.717) is 17.4 Å². The van der Waals surface area contributed by atoms with Crippen molar-refractivity contribution in [2.75, 3.05) is 5.32 Å². The first-order chi connectivity index (χ1) is 12.7. The predicted octanol–water partition coefficient (Wildman–Crippen LogP) is 5.85. The summed E-state index contributed by atoms with van der Waals surface area (Å²) in [5, 5.41) is 16.3.